The molecule has 0 N–H and O–H groups in total. The Morgan fingerprint density at radius 3 is 2.76 bits per heavy atom. The fourth-order valence-corrected chi connectivity index (χ4v) is 3.57. The van der Waals surface area contributed by atoms with Crippen molar-refractivity contribution in [2.75, 3.05) is 32.8 Å². The minimum atomic E-state index is 0.0104. The van der Waals surface area contributed by atoms with Gasteiger partial charge in [0.25, 0.3) is 5.91 Å². The number of rotatable bonds is 3. The number of amides is 1. The molecule has 8 heteroatoms. The van der Waals surface area contributed by atoms with Crippen LogP contribution >= 0.6 is 0 Å². The predicted octanol–water partition coefficient (Wildman–Crippen LogP) is 0.666. The van der Waals surface area contributed by atoms with Crippen molar-refractivity contribution in [1.29, 1.82) is 0 Å². The number of morpholine rings is 1. The molecule has 25 heavy (non-hydrogen) atoms. The van der Waals surface area contributed by atoms with Crippen molar-refractivity contribution in [3.63, 3.8) is 0 Å². The van der Waals surface area contributed by atoms with E-state index in [1.165, 1.54) is 5.56 Å². The van der Waals surface area contributed by atoms with Crippen LogP contribution in [0.15, 0.2) is 18.6 Å². The molecule has 0 aromatic carbocycles. The highest BCUT2D eigenvalue weighted by atomic mass is 16.5. The standard InChI is InChI=1S/C17H24N6O2/c1-13-16-19-15(17(24)21-5-7-25-8-6-21)12-23(16)4-3-22(13)11-14-9-18-20(2)10-14/h9-10,12-13H,3-8,11H2,1-2H3/t13-/m1/s1. The molecule has 2 aliphatic rings. The summed E-state index contributed by atoms with van der Waals surface area (Å²) in [5, 5.41) is 4.24. The first-order valence-corrected chi connectivity index (χ1v) is 8.77. The zero-order valence-corrected chi connectivity index (χ0v) is 14.8. The Morgan fingerprint density at radius 1 is 1.24 bits per heavy atom. The molecule has 134 valence electrons. The van der Waals surface area contributed by atoms with Gasteiger partial charge in [-0.25, -0.2) is 4.98 Å². The van der Waals surface area contributed by atoms with Crippen molar-refractivity contribution in [1.82, 2.24) is 29.1 Å². The average Bonchev–Trinajstić information content (AvgIpc) is 3.24. The molecule has 1 amide bonds. The molecular weight excluding hydrogens is 320 g/mol. The minimum absolute atomic E-state index is 0.0104. The summed E-state index contributed by atoms with van der Waals surface area (Å²) in [6.07, 6.45) is 5.85. The topological polar surface area (TPSA) is 68.4 Å². The van der Waals surface area contributed by atoms with Gasteiger partial charge in [0.2, 0.25) is 0 Å². The van der Waals surface area contributed by atoms with Gasteiger partial charge >= 0.3 is 0 Å². The predicted molar refractivity (Wildman–Crippen MR) is 91.0 cm³/mol. The van der Waals surface area contributed by atoms with Gasteiger partial charge in [0.15, 0.2) is 0 Å². The Balaban J connectivity index is 1.50. The van der Waals surface area contributed by atoms with Crippen molar-refractivity contribution in [2.45, 2.75) is 26.1 Å². The van der Waals surface area contributed by atoms with E-state index >= 15 is 0 Å². The first kappa shape index (κ1) is 16.3. The van der Waals surface area contributed by atoms with Crippen molar-refractivity contribution in [3.05, 3.63) is 35.7 Å². The molecule has 0 spiro atoms. The molecular formula is C17H24N6O2. The summed E-state index contributed by atoms with van der Waals surface area (Å²) in [5.41, 5.74) is 1.74. The fraction of sp³-hybridized carbons (Fsp3) is 0.588. The monoisotopic (exact) mass is 344 g/mol. The summed E-state index contributed by atoms with van der Waals surface area (Å²) in [7, 11) is 1.93. The van der Waals surface area contributed by atoms with E-state index in [2.05, 4.69) is 26.5 Å². The van der Waals surface area contributed by atoms with E-state index in [-0.39, 0.29) is 11.9 Å². The highest BCUT2D eigenvalue weighted by Gasteiger charge is 2.29. The van der Waals surface area contributed by atoms with Gasteiger partial charge in [-0.15, -0.1) is 0 Å². The third-order valence-electron chi connectivity index (χ3n) is 5.02. The molecule has 2 aliphatic heterocycles. The summed E-state index contributed by atoms with van der Waals surface area (Å²) in [4.78, 5) is 21.5. The van der Waals surface area contributed by atoms with E-state index in [9.17, 15) is 4.79 Å². The number of nitrogens with zero attached hydrogens (tertiary/aromatic N) is 6. The Labute approximate surface area is 147 Å². The van der Waals surface area contributed by atoms with Gasteiger partial charge in [0.05, 0.1) is 25.5 Å². The van der Waals surface area contributed by atoms with E-state index in [1.807, 2.05) is 35.2 Å². The Bertz CT molecular complexity index is 761. The van der Waals surface area contributed by atoms with E-state index in [1.54, 1.807) is 0 Å². The van der Waals surface area contributed by atoms with Gasteiger partial charge in [-0.1, -0.05) is 0 Å². The fourth-order valence-electron chi connectivity index (χ4n) is 3.57. The summed E-state index contributed by atoms with van der Waals surface area (Å²) < 4.78 is 9.27. The van der Waals surface area contributed by atoms with Crippen LogP contribution in [-0.2, 0) is 24.9 Å². The third-order valence-corrected chi connectivity index (χ3v) is 5.02. The van der Waals surface area contributed by atoms with Crippen LogP contribution in [0.4, 0.5) is 0 Å². The lowest BCUT2D eigenvalue weighted by atomic mass is 10.2. The van der Waals surface area contributed by atoms with E-state index < -0.39 is 0 Å². The molecule has 1 atom stereocenters. The Hall–Kier alpha value is -2.19. The van der Waals surface area contributed by atoms with Crippen LogP contribution in [0.1, 0.15) is 34.8 Å². The van der Waals surface area contributed by atoms with Crippen LogP contribution < -0.4 is 0 Å². The number of carbonyl (C=O) groups excluding carboxylic acids is 1. The summed E-state index contributed by atoms with van der Waals surface area (Å²) in [6, 6.07) is 0.167. The molecule has 4 rings (SSSR count). The molecule has 8 nitrogen and oxygen atoms in total. The van der Waals surface area contributed by atoms with Gasteiger partial charge in [-0.05, 0) is 6.92 Å². The van der Waals surface area contributed by atoms with Crippen molar-refractivity contribution in [2.24, 2.45) is 7.05 Å². The molecule has 2 aromatic rings. The second-order valence-corrected chi connectivity index (χ2v) is 6.75. The summed E-state index contributed by atoms with van der Waals surface area (Å²) in [5.74, 6) is 0.975. The molecule has 2 aromatic heterocycles. The van der Waals surface area contributed by atoms with Crippen molar-refractivity contribution in [3.8, 4) is 0 Å². The first-order chi connectivity index (χ1) is 12.1. The summed E-state index contributed by atoms with van der Waals surface area (Å²) >= 11 is 0. The molecule has 0 radical (unpaired) electrons. The second kappa shape index (κ2) is 6.61. The molecule has 1 fully saturated rings. The number of carbonyl (C=O) groups is 1. The Morgan fingerprint density at radius 2 is 2.04 bits per heavy atom. The summed E-state index contributed by atoms with van der Waals surface area (Å²) in [6.45, 7) is 7.27. The van der Waals surface area contributed by atoms with Crippen molar-refractivity contribution < 1.29 is 9.53 Å². The van der Waals surface area contributed by atoms with Gasteiger partial charge in [-0.3, -0.25) is 14.4 Å². The average molecular weight is 344 g/mol. The molecule has 0 aliphatic carbocycles. The van der Waals surface area contributed by atoms with E-state index in [0.29, 0.717) is 32.0 Å². The maximum Gasteiger partial charge on any atom is 0.274 e. The maximum atomic E-state index is 12.7. The minimum Gasteiger partial charge on any atom is -0.378 e. The van der Waals surface area contributed by atoms with Crippen LogP contribution in [-0.4, -0.2) is 67.9 Å². The van der Waals surface area contributed by atoms with Crippen LogP contribution in [0.25, 0.3) is 0 Å². The smallest absolute Gasteiger partial charge is 0.274 e. The zero-order chi connectivity index (χ0) is 17.4. The normalized spacial score (nSPS) is 21.4. The van der Waals surface area contributed by atoms with Gasteiger partial charge in [-0.2, -0.15) is 5.10 Å². The molecule has 1 saturated heterocycles. The van der Waals surface area contributed by atoms with Gasteiger partial charge in [0, 0.05) is 57.7 Å². The van der Waals surface area contributed by atoms with Crippen LogP contribution in [0.3, 0.4) is 0 Å². The third kappa shape index (κ3) is 3.19. The highest BCUT2D eigenvalue weighted by Crippen LogP contribution is 2.26. The lowest BCUT2D eigenvalue weighted by molar-refractivity contribution is 0.0299. The quantitative estimate of drug-likeness (QED) is 0.818. The lowest BCUT2D eigenvalue weighted by Crippen LogP contribution is -2.40. The maximum absolute atomic E-state index is 12.7. The first-order valence-electron chi connectivity index (χ1n) is 8.77. The van der Waals surface area contributed by atoms with Crippen LogP contribution in [0.5, 0.6) is 0 Å². The number of ether oxygens (including phenoxy) is 1. The lowest BCUT2D eigenvalue weighted by Gasteiger charge is -2.33. The largest absolute Gasteiger partial charge is 0.378 e. The van der Waals surface area contributed by atoms with E-state index in [4.69, 9.17) is 4.74 Å². The SMILES string of the molecule is C[C@@H]1c2nc(C(=O)N3CCOCC3)cn2CCN1Cc1cnn(C)c1. The van der Waals surface area contributed by atoms with Gasteiger partial charge < -0.3 is 14.2 Å². The Kier molecular flexibility index (Phi) is 4.30. The highest BCUT2D eigenvalue weighted by molar-refractivity contribution is 5.92. The zero-order valence-electron chi connectivity index (χ0n) is 14.8. The number of hydrogen-bond acceptors (Lipinski definition) is 5. The number of aryl methyl sites for hydroxylation is 1. The number of fused-ring (bicyclic) bond motifs is 1. The van der Waals surface area contributed by atoms with Crippen molar-refractivity contribution >= 4 is 5.91 Å². The number of aromatic nitrogens is 4. The number of imidazole rings is 1. The molecule has 0 unspecified atom stereocenters. The molecule has 0 saturated carbocycles. The van der Waals surface area contributed by atoms with Gasteiger partial charge in [0.1, 0.15) is 11.5 Å². The number of hydrogen-bond donors (Lipinski definition) is 0. The van der Waals surface area contributed by atoms with Crippen LogP contribution in [0, 0.1) is 0 Å². The van der Waals surface area contributed by atoms with Crippen LogP contribution in [0.2, 0.25) is 0 Å². The molecule has 4 heterocycles. The van der Waals surface area contributed by atoms with E-state index in [0.717, 1.165) is 25.5 Å². The second-order valence-electron chi connectivity index (χ2n) is 6.75. The molecule has 0 bridgehead atoms.